The summed E-state index contributed by atoms with van der Waals surface area (Å²) in [4.78, 5) is 57.5. The van der Waals surface area contributed by atoms with Crippen molar-refractivity contribution in [3.05, 3.63) is 70.2 Å². The maximum atomic E-state index is 13.0. The number of nitrogens with one attached hydrogen (secondary N) is 3. The number of rotatable bonds is 8. The van der Waals surface area contributed by atoms with Crippen LogP contribution in [0, 0.1) is 0 Å². The molecule has 6 rings (SSSR count). The molecule has 1 aromatic heterocycles. The van der Waals surface area contributed by atoms with Crippen molar-refractivity contribution in [3.8, 4) is 0 Å². The highest BCUT2D eigenvalue weighted by Gasteiger charge is 2.44. The van der Waals surface area contributed by atoms with Gasteiger partial charge in [-0.25, -0.2) is 4.98 Å². The van der Waals surface area contributed by atoms with E-state index >= 15 is 0 Å². The van der Waals surface area contributed by atoms with Crippen LogP contribution in [0.2, 0.25) is 0 Å². The molecule has 11 heteroatoms. The Morgan fingerprint density at radius 1 is 0.900 bits per heavy atom. The van der Waals surface area contributed by atoms with Gasteiger partial charge in [-0.3, -0.25) is 29.4 Å². The highest BCUT2D eigenvalue weighted by Crippen LogP contribution is 2.32. The third-order valence-electron chi connectivity index (χ3n) is 7.73. The number of aromatic nitrogens is 1. The summed E-state index contributed by atoms with van der Waals surface area (Å²) >= 11 is 1.75. The lowest BCUT2D eigenvalue weighted by atomic mass is 9.97. The van der Waals surface area contributed by atoms with E-state index in [1.54, 1.807) is 29.5 Å². The Balaban J connectivity index is 1.01. The minimum absolute atomic E-state index is 0.0956. The fraction of sp³-hybridized carbons (Fsp3) is 0.345. The molecule has 3 N–H and O–H groups in total. The van der Waals surface area contributed by atoms with Crippen LogP contribution in [0.3, 0.4) is 0 Å². The first-order valence-electron chi connectivity index (χ1n) is 13.6. The highest BCUT2D eigenvalue weighted by atomic mass is 32.1. The molecule has 0 aliphatic carbocycles. The zero-order valence-corrected chi connectivity index (χ0v) is 22.7. The van der Waals surface area contributed by atoms with Crippen molar-refractivity contribution in [1.82, 2.24) is 15.2 Å². The maximum absolute atomic E-state index is 13.0. The first kappa shape index (κ1) is 26.0. The van der Waals surface area contributed by atoms with Crippen molar-refractivity contribution >= 4 is 52.0 Å². The van der Waals surface area contributed by atoms with Gasteiger partial charge in [-0.1, -0.05) is 6.07 Å². The molecule has 3 aliphatic rings. The molecule has 4 heterocycles. The first-order chi connectivity index (χ1) is 19.5. The molecule has 10 nitrogen and oxygen atoms in total. The van der Waals surface area contributed by atoms with Gasteiger partial charge in [0.1, 0.15) is 6.04 Å². The SMILES string of the molecule is O=C1CCC(N2C(=O)c3ccc(NCCNc4cccc(N5CCC(c6nccs6)CC5)c4)cc3C2=O)C(=O)N1. The molecule has 206 valence electrons. The number of amides is 4. The summed E-state index contributed by atoms with van der Waals surface area (Å²) in [5, 5.41) is 12.3. The summed E-state index contributed by atoms with van der Waals surface area (Å²) in [6.45, 7) is 3.27. The van der Waals surface area contributed by atoms with Crippen LogP contribution in [0.4, 0.5) is 17.1 Å². The van der Waals surface area contributed by atoms with Gasteiger partial charge in [0.2, 0.25) is 11.8 Å². The van der Waals surface area contributed by atoms with Crippen LogP contribution < -0.4 is 20.9 Å². The van der Waals surface area contributed by atoms with Crippen LogP contribution in [0.1, 0.15) is 57.3 Å². The van der Waals surface area contributed by atoms with E-state index < -0.39 is 29.7 Å². The Morgan fingerprint density at radius 3 is 2.38 bits per heavy atom. The summed E-state index contributed by atoms with van der Waals surface area (Å²) < 4.78 is 0. The molecule has 0 saturated carbocycles. The molecule has 0 bridgehead atoms. The van der Waals surface area contributed by atoms with Gasteiger partial charge < -0.3 is 15.5 Å². The number of benzene rings is 2. The predicted molar refractivity (Wildman–Crippen MR) is 153 cm³/mol. The van der Waals surface area contributed by atoms with Gasteiger partial charge in [0.25, 0.3) is 11.8 Å². The van der Waals surface area contributed by atoms with E-state index in [4.69, 9.17) is 0 Å². The lowest BCUT2D eigenvalue weighted by Crippen LogP contribution is -2.54. The van der Waals surface area contributed by atoms with E-state index in [2.05, 4.69) is 50.1 Å². The molecule has 0 spiro atoms. The Bertz CT molecular complexity index is 1450. The van der Waals surface area contributed by atoms with E-state index in [1.807, 2.05) is 11.6 Å². The van der Waals surface area contributed by atoms with Crippen molar-refractivity contribution in [2.75, 3.05) is 41.7 Å². The number of carbonyl (C=O) groups is 4. The average Bonchev–Trinajstić information content (AvgIpc) is 3.59. The lowest BCUT2D eigenvalue weighted by Gasteiger charge is -2.33. The zero-order valence-electron chi connectivity index (χ0n) is 21.9. The van der Waals surface area contributed by atoms with Crippen LogP contribution in [0.5, 0.6) is 0 Å². The van der Waals surface area contributed by atoms with Crippen LogP contribution >= 0.6 is 11.3 Å². The van der Waals surface area contributed by atoms with Gasteiger partial charge >= 0.3 is 0 Å². The number of nitrogens with zero attached hydrogens (tertiary/aromatic N) is 3. The van der Waals surface area contributed by atoms with E-state index in [0.29, 0.717) is 24.7 Å². The Kier molecular flexibility index (Phi) is 7.21. The molecule has 3 aromatic rings. The van der Waals surface area contributed by atoms with Gasteiger partial charge in [0.05, 0.1) is 16.1 Å². The van der Waals surface area contributed by atoms with E-state index in [9.17, 15) is 19.2 Å². The minimum Gasteiger partial charge on any atom is -0.383 e. The Hall–Kier alpha value is -4.25. The number of thiazole rings is 1. The molecule has 4 amide bonds. The number of imide groups is 2. The Labute approximate surface area is 235 Å². The highest BCUT2D eigenvalue weighted by molar-refractivity contribution is 7.09. The van der Waals surface area contributed by atoms with Crippen LogP contribution in [0.15, 0.2) is 54.0 Å². The van der Waals surface area contributed by atoms with Crippen LogP contribution in [-0.4, -0.2) is 65.7 Å². The fourth-order valence-corrected chi connectivity index (χ4v) is 6.44. The molecule has 1 unspecified atom stereocenters. The second-order valence-corrected chi connectivity index (χ2v) is 11.2. The van der Waals surface area contributed by atoms with Crippen LogP contribution in [-0.2, 0) is 9.59 Å². The number of anilines is 3. The fourth-order valence-electron chi connectivity index (χ4n) is 5.63. The van der Waals surface area contributed by atoms with E-state index in [1.165, 1.54) is 10.7 Å². The van der Waals surface area contributed by atoms with Gasteiger partial charge in [-0.15, -0.1) is 11.3 Å². The summed E-state index contributed by atoms with van der Waals surface area (Å²) in [5.41, 5.74) is 3.49. The molecule has 2 aromatic carbocycles. The first-order valence-corrected chi connectivity index (χ1v) is 14.4. The number of piperidine rings is 2. The van der Waals surface area contributed by atoms with Crippen molar-refractivity contribution in [3.63, 3.8) is 0 Å². The van der Waals surface area contributed by atoms with Crippen molar-refractivity contribution in [2.45, 2.75) is 37.6 Å². The molecule has 2 fully saturated rings. The molecule has 40 heavy (non-hydrogen) atoms. The maximum Gasteiger partial charge on any atom is 0.262 e. The second-order valence-electron chi connectivity index (χ2n) is 10.2. The minimum atomic E-state index is -0.967. The third kappa shape index (κ3) is 5.16. The number of carbonyl (C=O) groups excluding carboxylic acids is 4. The Morgan fingerprint density at radius 2 is 1.65 bits per heavy atom. The second kappa shape index (κ2) is 11.1. The molecule has 0 radical (unpaired) electrons. The number of hydrogen-bond acceptors (Lipinski definition) is 9. The normalized spacial score (nSPS) is 19.6. The van der Waals surface area contributed by atoms with E-state index in [0.717, 1.165) is 36.5 Å². The zero-order chi connectivity index (χ0) is 27.6. The molecule has 3 aliphatic heterocycles. The van der Waals surface area contributed by atoms with Crippen LogP contribution in [0.25, 0.3) is 0 Å². The molecule has 1 atom stereocenters. The number of fused-ring (bicyclic) bond motifs is 1. The number of hydrogen-bond donors (Lipinski definition) is 3. The molecular weight excluding hydrogens is 528 g/mol. The van der Waals surface area contributed by atoms with Gasteiger partial charge in [0.15, 0.2) is 0 Å². The summed E-state index contributed by atoms with van der Waals surface area (Å²) in [7, 11) is 0. The smallest absolute Gasteiger partial charge is 0.262 e. The molecular formula is C29H30N6O4S. The largest absolute Gasteiger partial charge is 0.383 e. The quantitative estimate of drug-likeness (QED) is 0.284. The van der Waals surface area contributed by atoms with Crippen molar-refractivity contribution in [1.29, 1.82) is 0 Å². The summed E-state index contributed by atoms with van der Waals surface area (Å²) in [5.74, 6) is -1.47. The monoisotopic (exact) mass is 558 g/mol. The summed E-state index contributed by atoms with van der Waals surface area (Å²) in [6, 6.07) is 12.5. The topological polar surface area (TPSA) is 124 Å². The third-order valence-corrected chi connectivity index (χ3v) is 8.67. The van der Waals surface area contributed by atoms with Gasteiger partial charge in [0, 0.05) is 67.2 Å². The predicted octanol–water partition coefficient (Wildman–Crippen LogP) is 3.45. The molecule has 2 saturated heterocycles. The lowest BCUT2D eigenvalue weighted by molar-refractivity contribution is -0.136. The van der Waals surface area contributed by atoms with E-state index in [-0.39, 0.29) is 24.0 Å². The van der Waals surface area contributed by atoms with Gasteiger partial charge in [-0.2, -0.15) is 0 Å². The average molecular weight is 559 g/mol. The van der Waals surface area contributed by atoms with Gasteiger partial charge in [-0.05, 0) is 55.7 Å². The van der Waals surface area contributed by atoms with Crippen molar-refractivity contribution in [2.24, 2.45) is 0 Å². The van der Waals surface area contributed by atoms with Crippen molar-refractivity contribution < 1.29 is 19.2 Å². The summed E-state index contributed by atoms with van der Waals surface area (Å²) in [6.07, 6.45) is 4.33. The standard InChI is InChI=1S/C29H30N6O4S/c36-25-7-6-24(26(37)33-25)35-28(38)22-5-4-20(17-23(22)29(35)39)31-11-10-30-19-2-1-3-21(16-19)34-13-8-18(9-14-34)27-32-12-15-40-27/h1-5,12,15-18,24,30-31H,6-11,13-14H2,(H,33,36,37).